The molecule has 0 atom stereocenters. The van der Waals surface area contributed by atoms with Crippen LogP contribution in [0.15, 0.2) is 24.3 Å². The van der Waals surface area contributed by atoms with Crippen molar-refractivity contribution in [2.75, 3.05) is 13.6 Å². The van der Waals surface area contributed by atoms with E-state index < -0.39 is 5.97 Å². The summed E-state index contributed by atoms with van der Waals surface area (Å²) in [6, 6.07) is 6.19. The molecule has 19 heavy (non-hydrogen) atoms. The highest BCUT2D eigenvalue weighted by Crippen LogP contribution is 2.28. The molecule has 1 heterocycles. The smallest absolute Gasteiger partial charge is 0.305 e. The lowest BCUT2D eigenvalue weighted by Gasteiger charge is -2.14. The molecular formula is C13H12FNO3S. The highest BCUT2D eigenvalue weighted by molar-refractivity contribution is 7.20. The van der Waals surface area contributed by atoms with E-state index >= 15 is 0 Å². The van der Waals surface area contributed by atoms with Gasteiger partial charge < -0.3 is 10.0 Å². The first-order chi connectivity index (χ1) is 8.99. The molecule has 100 valence electrons. The average Bonchev–Trinajstić information content (AvgIpc) is 2.80. The van der Waals surface area contributed by atoms with Crippen LogP contribution in [0.2, 0.25) is 0 Å². The molecule has 0 aliphatic carbocycles. The minimum absolute atomic E-state index is 0.110. The van der Waals surface area contributed by atoms with E-state index in [1.807, 2.05) is 0 Å². The minimum Gasteiger partial charge on any atom is -0.481 e. The molecule has 2 aromatic rings. The molecule has 1 N–H and O–H groups in total. The molecule has 6 heteroatoms. The van der Waals surface area contributed by atoms with Crippen molar-refractivity contribution < 1.29 is 19.1 Å². The summed E-state index contributed by atoms with van der Waals surface area (Å²) in [7, 11) is 1.53. The predicted molar refractivity (Wildman–Crippen MR) is 71.0 cm³/mol. The molecule has 0 saturated heterocycles. The standard InChI is InChI=1S/C13H12FNO3S/c1-15(6-5-12(16)17)13(18)11-7-8-9(14)3-2-4-10(8)19-11/h2-4,7H,5-6H2,1H3,(H,16,17). The van der Waals surface area contributed by atoms with Crippen molar-refractivity contribution in [1.82, 2.24) is 4.90 Å². The van der Waals surface area contributed by atoms with E-state index in [9.17, 15) is 14.0 Å². The van der Waals surface area contributed by atoms with Crippen molar-refractivity contribution in [3.8, 4) is 0 Å². The fourth-order valence-electron chi connectivity index (χ4n) is 1.68. The van der Waals surface area contributed by atoms with E-state index in [1.54, 1.807) is 12.1 Å². The molecule has 0 saturated carbocycles. The summed E-state index contributed by atoms with van der Waals surface area (Å²) in [4.78, 5) is 24.3. The van der Waals surface area contributed by atoms with Gasteiger partial charge in [-0.1, -0.05) is 6.07 Å². The van der Waals surface area contributed by atoms with Gasteiger partial charge in [-0.2, -0.15) is 0 Å². The van der Waals surface area contributed by atoms with Crippen molar-refractivity contribution in [3.05, 3.63) is 35.0 Å². The first kappa shape index (κ1) is 13.5. The van der Waals surface area contributed by atoms with Crippen molar-refractivity contribution in [2.24, 2.45) is 0 Å². The van der Waals surface area contributed by atoms with Crippen LogP contribution < -0.4 is 0 Å². The second-order valence-corrected chi connectivity index (χ2v) is 5.22. The van der Waals surface area contributed by atoms with Gasteiger partial charge in [-0.25, -0.2) is 4.39 Å². The van der Waals surface area contributed by atoms with Crippen LogP contribution in [0.25, 0.3) is 10.1 Å². The largest absolute Gasteiger partial charge is 0.481 e. The Hall–Kier alpha value is -1.95. The molecule has 0 fully saturated rings. The van der Waals surface area contributed by atoms with E-state index in [0.717, 1.165) is 0 Å². The second kappa shape index (κ2) is 5.36. The molecule has 0 spiro atoms. The third-order valence-corrected chi connectivity index (χ3v) is 3.82. The number of amides is 1. The first-order valence-electron chi connectivity index (χ1n) is 5.64. The number of nitrogens with zero attached hydrogens (tertiary/aromatic N) is 1. The van der Waals surface area contributed by atoms with Gasteiger partial charge >= 0.3 is 5.97 Å². The van der Waals surface area contributed by atoms with Gasteiger partial charge in [0, 0.05) is 23.7 Å². The third kappa shape index (κ3) is 2.90. The Morgan fingerprint density at radius 1 is 1.42 bits per heavy atom. The fraction of sp³-hybridized carbons (Fsp3) is 0.231. The monoisotopic (exact) mass is 281 g/mol. The third-order valence-electron chi connectivity index (χ3n) is 2.73. The zero-order valence-electron chi connectivity index (χ0n) is 10.2. The molecule has 1 aromatic heterocycles. The Kier molecular flexibility index (Phi) is 3.80. The molecular weight excluding hydrogens is 269 g/mol. The van der Waals surface area contributed by atoms with Crippen molar-refractivity contribution >= 4 is 33.3 Å². The number of carbonyl (C=O) groups is 2. The van der Waals surface area contributed by atoms with Crippen LogP contribution in [0.5, 0.6) is 0 Å². The molecule has 0 bridgehead atoms. The van der Waals surface area contributed by atoms with Crippen LogP contribution in [-0.2, 0) is 4.79 Å². The number of hydrogen-bond acceptors (Lipinski definition) is 3. The fourth-order valence-corrected chi connectivity index (χ4v) is 2.75. The number of halogens is 1. The van der Waals surface area contributed by atoms with Gasteiger partial charge in [0.25, 0.3) is 5.91 Å². The Balaban J connectivity index is 2.21. The minimum atomic E-state index is -0.956. The van der Waals surface area contributed by atoms with E-state index in [0.29, 0.717) is 15.0 Å². The van der Waals surface area contributed by atoms with Crippen LogP contribution in [0.1, 0.15) is 16.1 Å². The zero-order chi connectivity index (χ0) is 14.0. The summed E-state index contributed by atoms with van der Waals surface area (Å²) >= 11 is 1.20. The molecule has 1 aromatic carbocycles. The number of thiophene rings is 1. The maximum absolute atomic E-state index is 13.5. The molecule has 0 radical (unpaired) electrons. The van der Waals surface area contributed by atoms with Crippen molar-refractivity contribution in [3.63, 3.8) is 0 Å². The zero-order valence-corrected chi connectivity index (χ0v) is 11.0. The van der Waals surface area contributed by atoms with Gasteiger partial charge in [0.15, 0.2) is 0 Å². The number of aliphatic carboxylic acids is 1. The van der Waals surface area contributed by atoms with Crippen LogP contribution in [0.3, 0.4) is 0 Å². The lowest BCUT2D eigenvalue weighted by Crippen LogP contribution is -2.28. The summed E-state index contributed by atoms with van der Waals surface area (Å²) in [5, 5.41) is 9.00. The van der Waals surface area contributed by atoms with Gasteiger partial charge in [-0.3, -0.25) is 9.59 Å². The van der Waals surface area contributed by atoms with Crippen LogP contribution in [0, 0.1) is 5.82 Å². The predicted octanol–water partition coefficient (Wildman–Crippen LogP) is 2.59. The summed E-state index contributed by atoms with van der Waals surface area (Å²) in [5.74, 6) is -1.61. The van der Waals surface area contributed by atoms with Crippen LogP contribution in [-0.4, -0.2) is 35.5 Å². The Morgan fingerprint density at radius 2 is 2.16 bits per heavy atom. The molecule has 0 aliphatic rings. The summed E-state index contributed by atoms with van der Waals surface area (Å²) in [5.41, 5.74) is 0. The van der Waals surface area contributed by atoms with E-state index in [-0.39, 0.29) is 24.7 Å². The molecule has 4 nitrogen and oxygen atoms in total. The quantitative estimate of drug-likeness (QED) is 0.937. The number of carboxylic acids is 1. The number of carboxylic acid groups (broad SMARTS) is 1. The van der Waals surface area contributed by atoms with E-state index in [2.05, 4.69) is 0 Å². The number of rotatable bonds is 4. The number of fused-ring (bicyclic) bond motifs is 1. The van der Waals surface area contributed by atoms with Gasteiger partial charge in [0.05, 0.1) is 11.3 Å². The number of carbonyl (C=O) groups excluding carboxylic acids is 1. The summed E-state index contributed by atoms with van der Waals surface area (Å²) in [6.45, 7) is 0.130. The highest BCUT2D eigenvalue weighted by atomic mass is 32.1. The van der Waals surface area contributed by atoms with Crippen LogP contribution in [0.4, 0.5) is 4.39 Å². The van der Waals surface area contributed by atoms with E-state index in [1.165, 1.54) is 35.4 Å². The van der Waals surface area contributed by atoms with Crippen LogP contribution >= 0.6 is 11.3 Å². The molecule has 1 amide bonds. The normalized spacial score (nSPS) is 10.6. The molecule has 0 aliphatic heterocycles. The van der Waals surface area contributed by atoms with Crippen molar-refractivity contribution in [1.29, 1.82) is 0 Å². The van der Waals surface area contributed by atoms with Gasteiger partial charge in [-0.15, -0.1) is 11.3 Å². The maximum atomic E-state index is 13.5. The number of hydrogen-bond donors (Lipinski definition) is 1. The maximum Gasteiger partial charge on any atom is 0.305 e. The van der Waals surface area contributed by atoms with Crippen molar-refractivity contribution in [2.45, 2.75) is 6.42 Å². The highest BCUT2D eigenvalue weighted by Gasteiger charge is 2.16. The summed E-state index contributed by atoms with van der Waals surface area (Å²) in [6.07, 6.45) is -0.110. The lowest BCUT2D eigenvalue weighted by atomic mass is 10.2. The molecule has 2 rings (SSSR count). The van der Waals surface area contributed by atoms with Gasteiger partial charge in [0.1, 0.15) is 5.82 Å². The molecule has 0 unspecified atom stereocenters. The Bertz CT molecular complexity index is 638. The SMILES string of the molecule is CN(CCC(=O)O)C(=O)c1cc2c(F)cccc2s1. The second-order valence-electron chi connectivity index (χ2n) is 4.13. The summed E-state index contributed by atoms with van der Waals surface area (Å²) < 4.78 is 14.2. The topological polar surface area (TPSA) is 57.6 Å². The number of benzene rings is 1. The Morgan fingerprint density at radius 3 is 2.79 bits per heavy atom. The lowest BCUT2D eigenvalue weighted by molar-refractivity contribution is -0.137. The van der Waals surface area contributed by atoms with E-state index in [4.69, 9.17) is 5.11 Å². The van der Waals surface area contributed by atoms with Gasteiger partial charge in [-0.05, 0) is 18.2 Å². The van der Waals surface area contributed by atoms with Gasteiger partial charge in [0.2, 0.25) is 0 Å². The Labute approximate surface area is 113 Å². The average molecular weight is 281 g/mol. The first-order valence-corrected chi connectivity index (χ1v) is 6.46.